The first-order valence-electron chi connectivity index (χ1n) is 7.54. The first-order chi connectivity index (χ1) is 12.1. The fourth-order valence-electron chi connectivity index (χ4n) is 2.82. The molecule has 4 rings (SSSR count). The van der Waals surface area contributed by atoms with E-state index in [1.54, 1.807) is 25.6 Å². The Hall–Kier alpha value is -3.42. The van der Waals surface area contributed by atoms with Crippen molar-refractivity contribution in [2.24, 2.45) is 0 Å². The first-order valence-corrected chi connectivity index (χ1v) is 7.54. The minimum atomic E-state index is 0.0692. The van der Waals surface area contributed by atoms with Gasteiger partial charge in [-0.1, -0.05) is 0 Å². The highest BCUT2D eigenvalue weighted by Gasteiger charge is 2.18. The number of phenolic OH excluding ortho intramolecular Hbond substituents is 1. The normalized spacial score (nSPS) is 11.2. The van der Waals surface area contributed by atoms with Crippen molar-refractivity contribution in [3.05, 3.63) is 36.3 Å². The van der Waals surface area contributed by atoms with Gasteiger partial charge in [-0.15, -0.1) is 10.2 Å². The Balaban J connectivity index is 2.13. The van der Waals surface area contributed by atoms with E-state index in [0.717, 1.165) is 11.3 Å². The largest absolute Gasteiger partial charge is 0.508 e. The summed E-state index contributed by atoms with van der Waals surface area (Å²) >= 11 is 0. The van der Waals surface area contributed by atoms with Crippen LogP contribution in [0.4, 0.5) is 0 Å². The topological polar surface area (TPSA) is 94.7 Å². The second kappa shape index (κ2) is 5.59. The number of rotatable bonds is 3. The van der Waals surface area contributed by atoms with Crippen LogP contribution in [-0.4, -0.2) is 43.9 Å². The third-order valence-corrected chi connectivity index (χ3v) is 3.97. The molecule has 0 spiro atoms. The number of methoxy groups -OCH3 is 2. The maximum Gasteiger partial charge on any atom is 0.183 e. The lowest BCUT2D eigenvalue weighted by molar-refractivity contribution is 0.411. The second-order valence-electron chi connectivity index (χ2n) is 5.51. The van der Waals surface area contributed by atoms with Gasteiger partial charge < -0.3 is 14.6 Å². The van der Waals surface area contributed by atoms with Gasteiger partial charge in [-0.3, -0.25) is 9.38 Å². The smallest absolute Gasteiger partial charge is 0.183 e. The van der Waals surface area contributed by atoms with Gasteiger partial charge in [-0.05, 0) is 13.0 Å². The van der Waals surface area contributed by atoms with E-state index in [2.05, 4.69) is 20.2 Å². The maximum absolute atomic E-state index is 10.1. The Morgan fingerprint density at radius 2 is 1.88 bits per heavy atom. The predicted octanol–water partition coefficient (Wildman–Crippen LogP) is 2.37. The van der Waals surface area contributed by atoms with Crippen LogP contribution in [0.2, 0.25) is 0 Å². The van der Waals surface area contributed by atoms with Crippen molar-refractivity contribution in [1.82, 2.24) is 24.6 Å². The average Bonchev–Trinajstić information content (AvgIpc) is 2.98. The summed E-state index contributed by atoms with van der Waals surface area (Å²) < 4.78 is 12.4. The van der Waals surface area contributed by atoms with Crippen LogP contribution in [0.5, 0.6) is 17.2 Å². The fraction of sp³-hybridized carbons (Fsp3) is 0.176. The number of aryl methyl sites for hydroxylation is 1. The van der Waals surface area contributed by atoms with Crippen LogP contribution in [0.3, 0.4) is 0 Å². The van der Waals surface area contributed by atoms with Crippen LogP contribution in [0, 0.1) is 6.92 Å². The molecular formula is C17H15N5O3. The molecule has 0 aliphatic carbocycles. The summed E-state index contributed by atoms with van der Waals surface area (Å²) in [7, 11) is 3.10. The third kappa shape index (κ3) is 2.30. The number of nitrogens with zero attached hydrogens (tertiary/aromatic N) is 5. The molecule has 0 bridgehead atoms. The molecule has 0 amide bonds. The minimum Gasteiger partial charge on any atom is -0.508 e. The van der Waals surface area contributed by atoms with E-state index in [4.69, 9.17) is 9.47 Å². The molecule has 8 heteroatoms. The van der Waals surface area contributed by atoms with Crippen LogP contribution in [-0.2, 0) is 0 Å². The molecule has 3 aromatic heterocycles. The summed E-state index contributed by atoms with van der Waals surface area (Å²) in [6.45, 7) is 1.85. The number of benzene rings is 1. The Labute approximate surface area is 142 Å². The molecule has 0 atom stereocenters. The molecule has 4 aromatic rings. The molecule has 1 N–H and O–H groups in total. The molecule has 25 heavy (non-hydrogen) atoms. The van der Waals surface area contributed by atoms with Crippen molar-refractivity contribution < 1.29 is 14.6 Å². The standard InChI is InChI=1S/C17H15N5O3/c1-9-16-21-20-15-13(5-11(23)6-14(15)25-3)22(16)17(19-9)10-4-12(24-2)8-18-7-10/h4-8,23H,1-3H3. The molecule has 0 saturated heterocycles. The van der Waals surface area contributed by atoms with E-state index in [0.29, 0.717) is 34.0 Å². The molecule has 3 heterocycles. The molecule has 0 radical (unpaired) electrons. The highest BCUT2D eigenvalue weighted by atomic mass is 16.5. The number of imidazole rings is 1. The molecule has 126 valence electrons. The lowest BCUT2D eigenvalue weighted by atomic mass is 10.2. The van der Waals surface area contributed by atoms with Crippen LogP contribution in [0.25, 0.3) is 28.1 Å². The summed E-state index contributed by atoms with van der Waals surface area (Å²) in [5, 5.41) is 18.6. The highest BCUT2D eigenvalue weighted by molar-refractivity contribution is 5.86. The molecule has 0 fully saturated rings. The summed E-state index contributed by atoms with van der Waals surface area (Å²) in [6.07, 6.45) is 3.32. The summed E-state index contributed by atoms with van der Waals surface area (Å²) in [4.78, 5) is 8.80. The number of aromatic hydroxyl groups is 1. The predicted molar refractivity (Wildman–Crippen MR) is 91.0 cm³/mol. The first kappa shape index (κ1) is 15.1. The lowest BCUT2D eigenvalue weighted by Gasteiger charge is -2.09. The Morgan fingerprint density at radius 1 is 1.04 bits per heavy atom. The van der Waals surface area contributed by atoms with Crippen LogP contribution in [0.1, 0.15) is 5.69 Å². The van der Waals surface area contributed by atoms with Crippen molar-refractivity contribution in [3.8, 4) is 28.6 Å². The van der Waals surface area contributed by atoms with Gasteiger partial charge in [0, 0.05) is 23.9 Å². The zero-order chi connectivity index (χ0) is 17.6. The van der Waals surface area contributed by atoms with Gasteiger partial charge >= 0.3 is 0 Å². The second-order valence-corrected chi connectivity index (χ2v) is 5.51. The van der Waals surface area contributed by atoms with Crippen molar-refractivity contribution in [1.29, 1.82) is 0 Å². The van der Waals surface area contributed by atoms with Crippen LogP contribution < -0.4 is 9.47 Å². The van der Waals surface area contributed by atoms with E-state index in [1.165, 1.54) is 13.2 Å². The van der Waals surface area contributed by atoms with E-state index in [-0.39, 0.29) is 5.75 Å². The van der Waals surface area contributed by atoms with Gasteiger partial charge in [-0.25, -0.2) is 4.98 Å². The van der Waals surface area contributed by atoms with Crippen LogP contribution in [0.15, 0.2) is 30.6 Å². The van der Waals surface area contributed by atoms with E-state index < -0.39 is 0 Å². The van der Waals surface area contributed by atoms with Crippen LogP contribution >= 0.6 is 0 Å². The number of phenols is 1. The number of ether oxygens (including phenoxy) is 2. The van der Waals surface area contributed by atoms with E-state index in [9.17, 15) is 5.11 Å². The molecule has 1 aromatic carbocycles. The third-order valence-electron chi connectivity index (χ3n) is 3.97. The highest BCUT2D eigenvalue weighted by Crippen LogP contribution is 2.32. The van der Waals surface area contributed by atoms with E-state index >= 15 is 0 Å². The van der Waals surface area contributed by atoms with Crippen molar-refractivity contribution in [3.63, 3.8) is 0 Å². The van der Waals surface area contributed by atoms with Gasteiger partial charge in [0.15, 0.2) is 16.9 Å². The zero-order valence-electron chi connectivity index (χ0n) is 13.9. The van der Waals surface area contributed by atoms with Crippen molar-refractivity contribution in [2.45, 2.75) is 6.92 Å². The summed E-state index contributed by atoms with van der Waals surface area (Å²) in [5.74, 6) is 1.76. The van der Waals surface area contributed by atoms with Crippen molar-refractivity contribution in [2.75, 3.05) is 14.2 Å². The Bertz CT molecular complexity index is 1110. The minimum absolute atomic E-state index is 0.0692. The van der Waals surface area contributed by atoms with Gasteiger partial charge in [0.25, 0.3) is 0 Å². The number of pyridine rings is 1. The van der Waals surface area contributed by atoms with Gasteiger partial charge in [0.05, 0.1) is 31.6 Å². The number of aromatic nitrogens is 5. The van der Waals surface area contributed by atoms with E-state index in [1.807, 2.05) is 17.4 Å². The van der Waals surface area contributed by atoms with Gasteiger partial charge in [0.2, 0.25) is 0 Å². The Morgan fingerprint density at radius 3 is 2.64 bits per heavy atom. The number of hydrogen-bond acceptors (Lipinski definition) is 7. The zero-order valence-corrected chi connectivity index (χ0v) is 13.9. The monoisotopic (exact) mass is 337 g/mol. The maximum atomic E-state index is 10.1. The molecule has 0 unspecified atom stereocenters. The van der Waals surface area contributed by atoms with Gasteiger partial charge in [0.1, 0.15) is 17.3 Å². The Kier molecular flexibility index (Phi) is 3.38. The fourth-order valence-corrected chi connectivity index (χ4v) is 2.82. The molecule has 8 nitrogen and oxygen atoms in total. The molecule has 0 aliphatic rings. The number of hydrogen-bond donors (Lipinski definition) is 1. The quantitative estimate of drug-likeness (QED) is 0.613. The van der Waals surface area contributed by atoms with Gasteiger partial charge in [-0.2, -0.15) is 0 Å². The number of fused-ring (bicyclic) bond motifs is 3. The summed E-state index contributed by atoms with van der Waals surface area (Å²) in [5.41, 5.74) is 3.24. The molecular weight excluding hydrogens is 322 g/mol. The lowest BCUT2D eigenvalue weighted by Crippen LogP contribution is -1.99. The molecule has 0 saturated carbocycles. The molecule has 0 aliphatic heterocycles. The SMILES string of the molecule is COc1cncc(-c2nc(C)c3nnc4c(OC)cc(O)cc4n23)c1. The summed E-state index contributed by atoms with van der Waals surface area (Å²) in [6, 6.07) is 4.95. The van der Waals surface area contributed by atoms with Crippen molar-refractivity contribution >= 4 is 16.7 Å². The average molecular weight is 337 g/mol.